The van der Waals surface area contributed by atoms with Gasteiger partial charge in [0.2, 0.25) is 5.91 Å². The van der Waals surface area contributed by atoms with Crippen LogP contribution in [0.25, 0.3) is 0 Å². The molecule has 7 atom stereocenters. The van der Waals surface area contributed by atoms with Gasteiger partial charge in [0.15, 0.2) is 6.29 Å². The summed E-state index contributed by atoms with van der Waals surface area (Å²) in [7, 11) is 0. The molecule has 0 aromatic heterocycles. The minimum atomic E-state index is -1.56. The summed E-state index contributed by atoms with van der Waals surface area (Å²) in [5, 5.41) is 54.6. The normalized spacial score (nSPS) is 20.0. The number of hydrogen-bond donors (Lipinski definition) is 6. The largest absolute Gasteiger partial charge is 0.394 e. The van der Waals surface area contributed by atoms with E-state index in [9.17, 15) is 30.3 Å². The van der Waals surface area contributed by atoms with Gasteiger partial charge in [-0.1, -0.05) is 246 Å². The Balaban J connectivity index is 2.19. The molecule has 6 N–H and O–H groups in total. The molecule has 1 saturated heterocycles. The molecule has 0 radical (unpaired) electrons. The predicted molar refractivity (Wildman–Crippen MR) is 299 cm³/mol. The molecular weight excluding hydrogens is 887 g/mol. The highest BCUT2D eigenvalue weighted by Crippen LogP contribution is 2.23. The molecule has 9 nitrogen and oxygen atoms in total. The molecule has 1 amide bonds. The first-order valence-corrected chi connectivity index (χ1v) is 28.9. The van der Waals surface area contributed by atoms with Gasteiger partial charge in [0.1, 0.15) is 24.4 Å². The molecular formula is C62H107NO8. The van der Waals surface area contributed by atoms with E-state index in [1.54, 1.807) is 0 Å². The zero-order chi connectivity index (χ0) is 51.5. The molecule has 0 aromatic carbocycles. The van der Waals surface area contributed by atoms with E-state index in [2.05, 4.69) is 116 Å². The van der Waals surface area contributed by atoms with E-state index in [1.165, 1.54) is 103 Å². The van der Waals surface area contributed by atoms with E-state index in [1.807, 2.05) is 0 Å². The Hall–Kier alpha value is -2.89. The Bertz CT molecular complexity index is 1430. The Morgan fingerprint density at radius 2 is 0.873 bits per heavy atom. The number of hydrogen-bond acceptors (Lipinski definition) is 8. The van der Waals surface area contributed by atoms with Crippen molar-refractivity contribution in [1.82, 2.24) is 5.32 Å². The zero-order valence-electron chi connectivity index (χ0n) is 45.2. The van der Waals surface area contributed by atoms with E-state index in [0.717, 1.165) is 103 Å². The standard InChI is InChI=1S/C62H107NO8/c1-3-5-7-9-11-13-15-17-19-20-21-22-23-24-25-26-27-28-29-30-31-32-33-34-35-36-38-40-42-44-46-48-50-52-58(66)63-55(54-70-62-61(69)60(68)59(67)57(53-64)71-62)56(65)51-49-47-45-43-41-39-37-18-16-14-12-10-8-6-4-2/h5,7,11,13,17,19,21-22,24-25,27-28,30-31,33-34,55-57,59-62,64-65,67-69H,3-4,6,8-10,12,14-16,18,20,23,26,29,32,35-54H2,1-2H3,(H,63,66)/b7-5-,13-11-,19-17-,22-21-,25-24-,28-27-,31-30-,34-33-. The fourth-order valence-electron chi connectivity index (χ4n) is 8.65. The van der Waals surface area contributed by atoms with Crippen molar-refractivity contribution in [3.05, 3.63) is 97.2 Å². The number of aliphatic hydroxyl groups is 5. The fourth-order valence-corrected chi connectivity index (χ4v) is 8.65. The van der Waals surface area contributed by atoms with Gasteiger partial charge < -0.3 is 40.3 Å². The maximum Gasteiger partial charge on any atom is 0.220 e. The van der Waals surface area contributed by atoms with Gasteiger partial charge in [-0.25, -0.2) is 0 Å². The highest BCUT2D eigenvalue weighted by atomic mass is 16.7. The summed E-state index contributed by atoms with van der Waals surface area (Å²) in [5.74, 6) is -0.156. The van der Waals surface area contributed by atoms with Crippen molar-refractivity contribution in [1.29, 1.82) is 0 Å². The van der Waals surface area contributed by atoms with E-state index in [-0.39, 0.29) is 12.5 Å². The molecule has 1 aliphatic heterocycles. The third-order valence-corrected chi connectivity index (χ3v) is 13.2. The number of carbonyl (C=O) groups is 1. The van der Waals surface area contributed by atoms with Crippen LogP contribution in [-0.4, -0.2) is 87.5 Å². The molecule has 0 aliphatic carbocycles. The second-order valence-electron chi connectivity index (χ2n) is 19.7. The first-order valence-electron chi connectivity index (χ1n) is 28.9. The Kier molecular flexibility index (Phi) is 47.2. The van der Waals surface area contributed by atoms with Crippen LogP contribution in [0.2, 0.25) is 0 Å². The van der Waals surface area contributed by atoms with Crippen LogP contribution in [0.3, 0.4) is 0 Å². The van der Waals surface area contributed by atoms with Crippen molar-refractivity contribution in [3.63, 3.8) is 0 Å². The van der Waals surface area contributed by atoms with Crippen LogP contribution in [0, 0.1) is 0 Å². The summed E-state index contributed by atoms with van der Waals surface area (Å²) in [5.41, 5.74) is 0. The van der Waals surface area contributed by atoms with Crippen LogP contribution >= 0.6 is 0 Å². The van der Waals surface area contributed by atoms with Gasteiger partial charge in [-0.3, -0.25) is 4.79 Å². The van der Waals surface area contributed by atoms with Crippen LogP contribution in [0.4, 0.5) is 0 Å². The molecule has 0 saturated carbocycles. The highest BCUT2D eigenvalue weighted by molar-refractivity contribution is 5.76. The molecule has 1 rings (SSSR count). The molecule has 1 aliphatic rings. The van der Waals surface area contributed by atoms with Crippen LogP contribution < -0.4 is 5.32 Å². The number of unbranched alkanes of at least 4 members (excludes halogenated alkanes) is 22. The smallest absolute Gasteiger partial charge is 0.220 e. The lowest BCUT2D eigenvalue weighted by Crippen LogP contribution is -2.60. The minimum absolute atomic E-state index is 0.146. The van der Waals surface area contributed by atoms with Crippen molar-refractivity contribution < 1.29 is 39.8 Å². The van der Waals surface area contributed by atoms with E-state index in [0.29, 0.717) is 12.8 Å². The second kappa shape index (κ2) is 50.6. The van der Waals surface area contributed by atoms with Crippen molar-refractivity contribution in [2.75, 3.05) is 13.2 Å². The monoisotopic (exact) mass is 994 g/mol. The number of nitrogens with one attached hydrogen (secondary N) is 1. The number of aliphatic hydroxyl groups excluding tert-OH is 5. The average molecular weight is 995 g/mol. The summed E-state index contributed by atoms with van der Waals surface area (Å²) < 4.78 is 11.3. The third kappa shape index (κ3) is 40.2. The Labute approximate surface area is 434 Å². The van der Waals surface area contributed by atoms with Gasteiger partial charge in [0, 0.05) is 6.42 Å². The van der Waals surface area contributed by atoms with Crippen LogP contribution in [0.1, 0.15) is 232 Å². The van der Waals surface area contributed by atoms with Crippen molar-refractivity contribution in [2.45, 2.75) is 275 Å². The molecule has 7 unspecified atom stereocenters. The van der Waals surface area contributed by atoms with Gasteiger partial charge in [0.25, 0.3) is 0 Å². The summed E-state index contributed by atoms with van der Waals surface area (Å²) in [6, 6.07) is -0.730. The van der Waals surface area contributed by atoms with Crippen molar-refractivity contribution in [2.24, 2.45) is 0 Å². The first kappa shape index (κ1) is 66.1. The molecule has 0 aromatic rings. The summed E-state index contributed by atoms with van der Waals surface area (Å²) in [6.07, 6.45) is 65.7. The van der Waals surface area contributed by atoms with E-state index < -0.39 is 49.5 Å². The number of ether oxygens (including phenoxy) is 2. The van der Waals surface area contributed by atoms with Gasteiger partial charge >= 0.3 is 0 Å². The van der Waals surface area contributed by atoms with Crippen molar-refractivity contribution in [3.8, 4) is 0 Å². The maximum atomic E-state index is 13.1. The lowest BCUT2D eigenvalue weighted by molar-refractivity contribution is -0.302. The van der Waals surface area contributed by atoms with Crippen LogP contribution in [0.15, 0.2) is 97.2 Å². The Morgan fingerprint density at radius 1 is 0.493 bits per heavy atom. The average Bonchev–Trinajstić information content (AvgIpc) is 3.37. The lowest BCUT2D eigenvalue weighted by atomic mass is 9.99. The zero-order valence-corrected chi connectivity index (χ0v) is 45.2. The number of amides is 1. The van der Waals surface area contributed by atoms with Gasteiger partial charge in [-0.2, -0.15) is 0 Å². The SMILES string of the molecule is CC/C=C\C/C=C\C/C=C\C/C=C\C/C=C\C/C=C\C/C=C\C/C=C\CCCCCCCCCCC(=O)NC(COC1OC(CO)C(O)C(O)C1O)C(O)CCCCCCCCCCCCCCCCC. The predicted octanol–water partition coefficient (Wildman–Crippen LogP) is 14.4. The maximum absolute atomic E-state index is 13.1. The molecule has 0 spiro atoms. The molecule has 408 valence electrons. The number of carbonyl (C=O) groups excluding carboxylic acids is 1. The van der Waals surface area contributed by atoms with Crippen molar-refractivity contribution >= 4 is 5.91 Å². The van der Waals surface area contributed by atoms with E-state index in [4.69, 9.17) is 9.47 Å². The molecule has 1 fully saturated rings. The second-order valence-corrected chi connectivity index (χ2v) is 19.7. The minimum Gasteiger partial charge on any atom is -0.394 e. The van der Waals surface area contributed by atoms with Crippen LogP contribution in [-0.2, 0) is 14.3 Å². The van der Waals surface area contributed by atoms with Gasteiger partial charge in [-0.15, -0.1) is 0 Å². The fraction of sp³-hybridized carbons (Fsp3) is 0.726. The topological polar surface area (TPSA) is 149 Å². The highest BCUT2D eigenvalue weighted by Gasteiger charge is 2.44. The summed E-state index contributed by atoms with van der Waals surface area (Å²) in [6.45, 7) is 3.72. The number of rotatable bonds is 48. The van der Waals surface area contributed by atoms with Gasteiger partial charge in [-0.05, 0) is 77.0 Å². The van der Waals surface area contributed by atoms with Gasteiger partial charge in [0.05, 0.1) is 25.4 Å². The first-order chi connectivity index (χ1) is 34.8. The summed E-state index contributed by atoms with van der Waals surface area (Å²) in [4.78, 5) is 13.1. The molecule has 71 heavy (non-hydrogen) atoms. The molecule has 1 heterocycles. The quantitative estimate of drug-likeness (QED) is 0.0261. The molecule has 9 heteroatoms. The van der Waals surface area contributed by atoms with E-state index >= 15 is 0 Å². The summed E-state index contributed by atoms with van der Waals surface area (Å²) >= 11 is 0. The Morgan fingerprint density at radius 3 is 1.30 bits per heavy atom. The molecule has 0 bridgehead atoms. The van der Waals surface area contributed by atoms with Crippen LogP contribution in [0.5, 0.6) is 0 Å². The third-order valence-electron chi connectivity index (χ3n) is 13.2. The number of allylic oxidation sites excluding steroid dienone is 16. The lowest BCUT2D eigenvalue weighted by Gasteiger charge is -2.40.